The highest BCUT2D eigenvalue weighted by molar-refractivity contribution is 5.93. The lowest BCUT2D eigenvalue weighted by molar-refractivity contribution is -0.117. The summed E-state index contributed by atoms with van der Waals surface area (Å²) in [5.41, 5.74) is 8.70. The lowest BCUT2D eigenvalue weighted by Crippen LogP contribution is -2.41. The summed E-state index contributed by atoms with van der Waals surface area (Å²) in [5.74, 6) is 0.0533. The first-order valence-corrected chi connectivity index (χ1v) is 7.24. The van der Waals surface area contributed by atoms with Crippen molar-refractivity contribution in [2.45, 2.75) is 33.6 Å². The Morgan fingerprint density at radius 3 is 2.60 bits per heavy atom. The number of nitrogens with zero attached hydrogens (tertiary/aromatic N) is 1. The molecule has 0 bridgehead atoms. The molecule has 1 aromatic carbocycles. The third-order valence-electron chi connectivity index (χ3n) is 4.10. The normalized spacial score (nSPS) is 18.8. The Balaban J connectivity index is 1.87. The predicted molar refractivity (Wildman–Crippen MR) is 83.7 cm³/mol. The van der Waals surface area contributed by atoms with Gasteiger partial charge >= 0.3 is 0 Å². The summed E-state index contributed by atoms with van der Waals surface area (Å²) >= 11 is 0. The molecule has 0 spiro atoms. The van der Waals surface area contributed by atoms with E-state index in [0.717, 1.165) is 42.9 Å². The number of carbonyl (C=O) groups excluding carboxylic acids is 1. The van der Waals surface area contributed by atoms with Crippen LogP contribution >= 0.6 is 0 Å². The van der Waals surface area contributed by atoms with Gasteiger partial charge < -0.3 is 11.1 Å². The van der Waals surface area contributed by atoms with Crippen LogP contribution in [0.3, 0.4) is 0 Å². The summed E-state index contributed by atoms with van der Waals surface area (Å²) in [4.78, 5) is 14.3. The highest BCUT2D eigenvalue weighted by atomic mass is 16.2. The summed E-state index contributed by atoms with van der Waals surface area (Å²) in [6.45, 7) is 9.02. The average molecular weight is 275 g/mol. The Labute approximate surface area is 121 Å². The fourth-order valence-electron chi connectivity index (χ4n) is 2.54. The van der Waals surface area contributed by atoms with Gasteiger partial charge in [-0.15, -0.1) is 0 Å². The monoisotopic (exact) mass is 275 g/mol. The highest BCUT2D eigenvalue weighted by Crippen LogP contribution is 2.29. The Morgan fingerprint density at radius 1 is 1.35 bits per heavy atom. The van der Waals surface area contributed by atoms with E-state index < -0.39 is 0 Å². The summed E-state index contributed by atoms with van der Waals surface area (Å²) in [7, 11) is 0. The van der Waals surface area contributed by atoms with Crippen LogP contribution in [0.5, 0.6) is 0 Å². The number of rotatable bonds is 3. The van der Waals surface area contributed by atoms with E-state index in [-0.39, 0.29) is 5.91 Å². The van der Waals surface area contributed by atoms with Crippen molar-refractivity contribution in [3.05, 3.63) is 23.8 Å². The van der Waals surface area contributed by atoms with Crippen LogP contribution in [-0.4, -0.2) is 30.4 Å². The summed E-state index contributed by atoms with van der Waals surface area (Å²) in [6, 6.07) is 5.55. The van der Waals surface area contributed by atoms with E-state index in [1.807, 2.05) is 25.1 Å². The van der Waals surface area contributed by atoms with Crippen LogP contribution in [0.4, 0.5) is 11.4 Å². The predicted octanol–water partition coefficient (Wildman–Crippen LogP) is 2.64. The molecule has 0 saturated carbocycles. The van der Waals surface area contributed by atoms with Crippen LogP contribution in [0.1, 0.15) is 32.3 Å². The fourth-order valence-corrected chi connectivity index (χ4v) is 2.54. The number of hydrogen-bond donors (Lipinski definition) is 2. The van der Waals surface area contributed by atoms with Gasteiger partial charge in [-0.1, -0.05) is 13.8 Å². The van der Waals surface area contributed by atoms with E-state index in [2.05, 4.69) is 24.1 Å². The second-order valence-corrected chi connectivity index (χ2v) is 6.56. The standard InChI is InChI=1S/C16H25N3O/c1-12-10-13(17)4-5-14(12)18-15(20)11-19-8-6-16(2,3)7-9-19/h4-5,10H,6-9,11,17H2,1-3H3,(H,18,20). The quantitative estimate of drug-likeness (QED) is 0.834. The summed E-state index contributed by atoms with van der Waals surface area (Å²) in [6.07, 6.45) is 2.31. The number of benzene rings is 1. The maximum atomic E-state index is 12.1. The van der Waals surface area contributed by atoms with Crippen LogP contribution in [0, 0.1) is 12.3 Å². The minimum Gasteiger partial charge on any atom is -0.399 e. The second-order valence-electron chi connectivity index (χ2n) is 6.56. The van der Waals surface area contributed by atoms with Gasteiger partial charge in [0.25, 0.3) is 0 Å². The molecule has 1 fully saturated rings. The van der Waals surface area contributed by atoms with Gasteiger partial charge in [-0.05, 0) is 62.0 Å². The molecule has 0 unspecified atom stereocenters. The third kappa shape index (κ3) is 3.97. The van der Waals surface area contributed by atoms with Crippen molar-refractivity contribution in [2.24, 2.45) is 5.41 Å². The number of piperidine rings is 1. The summed E-state index contributed by atoms with van der Waals surface area (Å²) < 4.78 is 0. The van der Waals surface area contributed by atoms with Gasteiger partial charge in [0, 0.05) is 11.4 Å². The molecule has 20 heavy (non-hydrogen) atoms. The van der Waals surface area contributed by atoms with Crippen LogP contribution < -0.4 is 11.1 Å². The molecule has 0 aromatic heterocycles. The molecule has 3 N–H and O–H groups in total. The maximum absolute atomic E-state index is 12.1. The SMILES string of the molecule is Cc1cc(N)ccc1NC(=O)CN1CCC(C)(C)CC1. The van der Waals surface area contributed by atoms with Gasteiger partial charge in [-0.3, -0.25) is 9.69 Å². The molecule has 1 aromatic rings. The molecule has 110 valence electrons. The van der Waals surface area contributed by atoms with Crippen molar-refractivity contribution in [3.63, 3.8) is 0 Å². The molecule has 1 heterocycles. The van der Waals surface area contributed by atoms with Gasteiger partial charge in [0.05, 0.1) is 6.54 Å². The fraction of sp³-hybridized carbons (Fsp3) is 0.562. The first kappa shape index (κ1) is 14.9. The Hall–Kier alpha value is -1.55. The second kappa shape index (κ2) is 5.83. The topological polar surface area (TPSA) is 58.4 Å². The zero-order valence-electron chi connectivity index (χ0n) is 12.7. The summed E-state index contributed by atoms with van der Waals surface area (Å²) in [5, 5.41) is 2.97. The molecule has 1 aliphatic heterocycles. The molecule has 0 radical (unpaired) electrons. The zero-order valence-corrected chi connectivity index (χ0v) is 12.7. The first-order valence-electron chi connectivity index (χ1n) is 7.24. The number of carbonyl (C=O) groups is 1. The van der Waals surface area contributed by atoms with Crippen LogP contribution in [0.15, 0.2) is 18.2 Å². The molecule has 1 aliphatic rings. The Bertz CT molecular complexity index is 486. The number of anilines is 2. The number of nitrogens with one attached hydrogen (secondary N) is 1. The largest absolute Gasteiger partial charge is 0.399 e. The number of likely N-dealkylation sites (tertiary alicyclic amines) is 1. The molecule has 1 saturated heterocycles. The molecular weight excluding hydrogens is 250 g/mol. The van der Waals surface area contributed by atoms with Gasteiger partial charge in [0.2, 0.25) is 5.91 Å². The van der Waals surface area contributed by atoms with E-state index in [1.54, 1.807) is 0 Å². The van der Waals surface area contributed by atoms with Crippen LogP contribution in [-0.2, 0) is 4.79 Å². The third-order valence-corrected chi connectivity index (χ3v) is 4.10. The van der Waals surface area contributed by atoms with Crippen molar-refractivity contribution < 1.29 is 4.79 Å². The minimum absolute atomic E-state index is 0.0533. The molecule has 0 aliphatic carbocycles. The van der Waals surface area contributed by atoms with Crippen LogP contribution in [0.25, 0.3) is 0 Å². The number of nitrogens with two attached hydrogens (primary N) is 1. The molecule has 4 heteroatoms. The number of hydrogen-bond acceptors (Lipinski definition) is 3. The molecule has 0 atom stereocenters. The van der Waals surface area contributed by atoms with Gasteiger partial charge in [-0.2, -0.15) is 0 Å². The van der Waals surface area contributed by atoms with Crippen molar-refractivity contribution >= 4 is 17.3 Å². The number of nitrogen functional groups attached to an aromatic ring is 1. The lowest BCUT2D eigenvalue weighted by Gasteiger charge is -2.36. The van der Waals surface area contributed by atoms with Crippen molar-refractivity contribution in [3.8, 4) is 0 Å². The average Bonchev–Trinajstić information content (AvgIpc) is 2.35. The molecule has 4 nitrogen and oxygen atoms in total. The lowest BCUT2D eigenvalue weighted by atomic mass is 9.83. The highest BCUT2D eigenvalue weighted by Gasteiger charge is 2.26. The van der Waals surface area contributed by atoms with E-state index in [1.165, 1.54) is 0 Å². The van der Waals surface area contributed by atoms with Crippen LogP contribution in [0.2, 0.25) is 0 Å². The van der Waals surface area contributed by atoms with Crippen molar-refractivity contribution in [2.75, 3.05) is 30.7 Å². The van der Waals surface area contributed by atoms with Gasteiger partial charge in [0.1, 0.15) is 0 Å². The van der Waals surface area contributed by atoms with E-state index in [4.69, 9.17) is 5.73 Å². The van der Waals surface area contributed by atoms with Gasteiger partial charge in [-0.25, -0.2) is 0 Å². The zero-order chi connectivity index (χ0) is 14.8. The van der Waals surface area contributed by atoms with E-state index >= 15 is 0 Å². The maximum Gasteiger partial charge on any atom is 0.238 e. The Kier molecular flexibility index (Phi) is 4.33. The number of aryl methyl sites for hydroxylation is 1. The molecule has 2 rings (SSSR count). The minimum atomic E-state index is 0.0533. The van der Waals surface area contributed by atoms with Crippen molar-refractivity contribution in [1.29, 1.82) is 0 Å². The first-order chi connectivity index (χ1) is 9.35. The van der Waals surface area contributed by atoms with Crippen molar-refractivity contribution in [1.82, 2.24) is 4.90 Å². The van der Waals surface area contributed by atoms with Gasteiger partial charge in [0.15, 0.2) is 0 Å². The number of amides is 1. The van der Waals surface area contributed by atoms with E-state index in [0.29, 0.717) is 12.0 Å². The van der Waals surface area contributed by atoms with E-state index in [9.17, 15) is 4.79 Å². The Morgan fingerprint density at radius 2 is 2.00 bits per heavy atom. The molecule has 1 amide bonds. The molecular formula is C16H25N3O. The smallest absolute Gasteiger partial charge is 0.238 e.